The monoisotopic (exact) mass is 238 g/mol. The Bertz CT molecular complexity index is 288. The summed E-state index contributed by atoms with van der Waals surface area (Å²) in [5, 5.41) is 12.5. The van der Waals surface area contributed by atoms with Gasteiger partial charge in [0.15, 0.2) is 0 Å². The summed E-state index contributed by atoms with van der Waals surface area (Å²) >= 11 is 0. The highest BCUT2D eigenvalue weighted by Gasteiger charge is 2.41. The van der Waals surface area contributed by atoms with Gasteiger partial charge in [-0.3, -0.25) is 4.79 Å². The van der Waals surface area contributed by atoms with Crippen LogP contribution in [0.2, 0.25) is 0 Å². The number of fused-ring (bicyclic) bond motifs is 1. The Balaban J connectivity index is 1.54. The number of hydrogen-bond donors (Lipinski definition) is 2. The van der Waals surface area contributed by atoms with Gasteiger partial charge in [-0.2, -0.15) is 0 Å². The lowest BCUT2D eigenvalue weighted by Gasteiger charge is -2.39. The van der Waals surface area contributed by atoms with Crippen LogP contribution in [-0.2, 0) is 4.79 Å². The fourth-order valence-corrected chi connectivity index (χ4v) is 3.60. The van der Waals surface area contributed by atoms with Crippen LogP contribution in [0.25, 0.3) is 0 Å². The van der Waals surface area contributed by atoms with Crippen molar-refractivity contribution in [1.29, 1.82) is 0 Å². The van der Waals surface area contributed by atoms with E-state index >= 15 is 0 Å². The van der Waals surface area contributed by atoms with Gasteiger partial charge < -0.3 is 15.3 Å². The largest absolute Gasteiger partial charge is 0.396 e. The van der Waals surface area contributed by atoms with E-state index < -0.39 is 0 Å². The molecule has 4 nitrogen and oxygen atoms in total. The number of carbonyl (C=O) groups excluding carboxylic acids is 1. The molecule has 1 aliphatic carbocycles. The third-order valence-corrected chi connectivity index (χ3v) is 4.69. The number of carbonyl (C=O) groups is 1. The minimum atomic E-state index is 0.0581. The van der Waals surface area contributed by atoms with E-state index in [1.165, 1.54) is 25.7 Å². The molecular formula is C13H22N2O2. The normalized spacial score (nSPS) is 37.7. The molecule has 3 rings (SSSR count). The average molecular weight is 238 g/mol. The summed E-state index contributed by atoms with van der Waals surface area (Å²) in [5.74, 6) is 1.32. The molecule has 0 aromatic heterocycles. The second-order valence-corrected chi connectivity index (χ2v) is 5.90. The van der Waals surface area contributed by atoms with Gasteiger partial charge in [0.05, 0.1) is 6.04 Å². The summed E-state index contributed by atoms with van der Waals surface area (Å²) in [6.45, 7) is 1.72. The standard InChI is InChI=1S/C13H22N2O2/c16-8-9-6-15(7-9)13(17)12-5-10-3-1-2-4-11(10)14-12/h9-12,14,16H,1-8H2. The number of aliphatic hydroxyl groups is 1. The molecule has 2 saturated heterocycles. The molecule has 0 spiro atoms. The number of aliphatic hydroxyl groups excluding tert-OH is 1. The zero-order chi connectivity index (χ0) is 11.8. The highest BCUT2D eigenvalue weighted by atomic mass is 16.3. The number of nitrogens with one attached hydrogen (secondary N) is 1. The van der Waals surface area contributed by atoms with Crippen molar-refractivity contribution in [2.75, 3.05) is 19.7 Å². The van der Waals surface area contributed by atoms with E-state index in [9.17, 15) is 4.79 Å². The average Bonchev–Trinajstić information content (AvgIpc) is 2.71. The van der Waals surface area contributed by atoms with Crippen LogP contribution >= 0.6 is 0 Å². The first-order chi connectivity index (χ1) is 8.28. The molecule has 96 valence electrons. The Morgan fingerprint density at radius 1 is 1.29 bits per heavy atom. The number of nitrogens with zero attached hydrogens (tertiary/aromatic N) is 1. The van der Waals surface area contributed by atoms with Gasteiger partial charge in [0.25, 0.3) is 0 Å². The Hall–Kier alpha value is -0.610. The van der Waals surface area contributed by atoms with Crippen molar-refractivity contribution >= 4 is 5.91 Å². The topological polar surface area (TPSA) is 52.6 Å². The summed E-state index contributed by atoms with van der Waals surface area (Å²) in [7, 11) is 0. The molecule has 2 N–H and O–H groups in total. The van der Waals surface area contributed by atoms with Crippen molar-refractivity contribution in [3.63, 3.8) is 0 Å². The lowest BCUT2D eigenvalue weighted by molar-refractivity contribution is -0.140. The Kier molecular flexibility index (Phi) is 3.09. The molecule has 0 bridgehead atoms. The molecule has 3 unspecified atom stereocenters. The maximum absolute atomic E-state index is 12.2. The molecule has 0 radical (unpaired) electrons. The maximum Gasteiger partial charge on any atom is 0.239 e. The van der Waals surface area contributed by atoms with Crippen molar-refractivity contribution in [2.24, 2.45) is 11.8 Å². The van der Waals surface area contributed by atoms with Gasteiger partial charge in [-0.1, -0.05) is 12.8 Å². The van der Waals surface area contributed by atoms with Crippen LogP contribution in [-0.4, -0.2) is 47.7 Å². The van der Waals surface area contributed by atoms with Crippen molar-refractivity contribution in [1.82, 2.24) is 10.2 Å². The summed E-state index contributed by atoms with van der Waals surface area (Å²) in [5.41, 5.74) is 0. The van der Waals surface area contributed by atoms with E-state index in [4.69, 9.17) is 5.11 Å². The lowest BCUT2D eigenvalue weighted by Crippen LogP contribution is -2.56. The first-order valence-corrected chi connectivity index (χ1v) is 6.93. The third kappa shape index (κ3) is 2.08. The number of likely N-dealkylation sites (tertiary alicyclic amines) is 1. The molecule has 0 aromatic carbocycles. The molecule has 0 aromatic rings. The fourth-order valence-electron chi connectivity index (χ4n) is 3.60. The van der Waals surface area contributed by atoms with Crippen molar-refractivity contribution in [3.05, 3.63) is 0 Å². The molecule has 17 heavy (non-hydrogen) atoms. The Labute approximate surface area is 102 Å². The molecule has 3 atom stereocenters. The Morgan fingerprint density at radius 3 is 2.76 bits per heavy atom. The highest BCUT2D eigenvalue weighted by Crippen LogP contribution is 2.34. The SMILES string of the molecule is O=C(C1CC2CCCCC2N1)N1CC(CO)C1. The molecule has 1 saturated carbocycles. The van der Waals surface area contributed by atoms with Gasteiger partial charge in [-0.15, -0.1) is 0 Å². The highest BCUT2D eigenvalue weighted by molar-refractivity contribution is 5.83. The van der Waals surface area contributed by atoms with Crippen LogP contribution in [0.15, 0.2) is 0 Å². The maximum atomic E-state index is 12.2. The van der Waals surface area contributed by atoms with E-state index in [2.05, 4.69) is 5.32 Å². The first-order valence-electron chi connectivity index (χ1n) is 6.93. The van der Waals surface area contributed by atoms with Gasteiger partial charge in [-0.25, -0.2) is 0 Å². The van der Waals surface area contributed by atoms with Crippen molar-refractivity contribution < 1.29 is 9.90 Å². The Morgan fingerprint density at radius 2 is 2.06 bits per heavy atom. The van der Waals surface area contributed by atoms with Gasteiger partial charge in [0.1, 0.15) is 0 Å². The summed E-state index contributed by atoms with van der Waals surface area (Å²) in [6.07, 6.45) is 6.21. The molecule has 3 fully saturated rings. The number of rotatable bonds is 2. The van der Waals surface area contributed by atoms with Crippen molar-refractivity contribution in [3.8, 4) is 0 Å². The van der Waals surface area contributed by atoms with E-state index in [0.29, 0.717) is 12.0 Å². The van der Waals surface area contributed by atoms with Crippen LogP contribution in [0.5, 0.6) is 0 Å². The molecule has 4 heteroatoms. The number of amides is 1. The molecule has 1 amide bonds. The van der Waals surface area contributed by atoms with E-state index in [1.54, 1.807) is 0 Å². The third-order valence-electron chi connectivity index (χ3n) is 4.69. The molecule has 2 heterocycles. The van der Waals surface area contributed by atoms with E-state index in [1.807, 2.05) is 4.90 Å². The summed E-state index contributed by atoms with van der Waals surface area (Å²) in [4.78, 5) is 14.1. The molecular weight excluding hydrogens is 216 g/mol. The predicted molar refractivity (Wildman–Crippen MR) is 64.4 cm³/mol. The second kappa shape index (κ2) is 4.58. The minimum Gasteiger partial charge on any atom is -0.396 e. The van der Waals surface area contributed by atoms with Crippen LogP contribution in [0.4, 0.5) is 0 Å². The quantitative estimate of drug-likeness (QED) is 0.730. The molecule has 2 aliphatic heterocycles. The first kappa shape index (κ1) is 11.5. The van der Waals surface area contributed by atoms with Crippen molar-refractivity contribution in [2.45, 2.75) is 44.2 Å². The van der Waals surface area contributed by atoms with Gasteiger partial charge in [0, 0.05) is 31.7 Å². The van der Waals surface area contributed by atoms with Crippen LogP contribution < -0.4 is 5.32 Å². The summed E-state index contributed by atoms with van der Waals surface area (Å²) < 4.78 is 0. The minimum absolute atomic E-state index is 0.0581. The van der Waals surface area contributed by atoms with E-state index in [0.717, 1.165) is 25.4 Å². The van der Waals surface area contributed by atoms with Gasteiger partial charge in [0.2, 0.25) is 5.91 Å². The van der Waals surface area contributed by atoms with Crippen LogP contribution in [0.1, 0.15) is 32.1 Å². The van der Waals surface area contributed by atoms with Crippen LogP contribution in [0, 0.1) is 11.8 Å². The van der Waals surface area contributed by atoms with Crippen LogP contribution in [0.3, 0.4) is 0 Å². The fraction of sp³-hybridized carbons (Fsp3) is 0.923. The molecule has 3 aliphatic rings. The number of hydrogen-bond acceptors (Lipinski definition) is 3. The van der Waals surface area contributed by atoms with E-state index in [-0.39, 0.29) is 18.6 Å². The smallest absolute Gasteiger partial charge is 0.239 e. The second-order valence-electron chi connectivity index (χ2n) is 5.90. The van der Waals surface area contributed by atoms with Gasteiger partial charge in [-0.05, 0) is 25.2 Å². The van der Waals surface area contributed by atoms with Gasteiger partial charge >= 0.3 is 0 Å². The lowest BCUT2D eigenvalue weighted by atomic mass is 9.85. The summed E-state index contributed by atoms with van der Waals surface area (Å²) in [6, 6.07) is 0.648. The zero-order valence-corrected chi connectivity index (χ0v) is 10.3. The zero-order valence-electron chi connectivity index (χ0n) is 10.3. The predicted octanol–water partition coefficient (Wildman–Crippen LogP) is 0.358.